The minimum absolute atomic E-state index is 0.0108. The van der Waals surface area contributed by atoms with Crippen LogP contribution in [0.1, 0.15) is 55.2 Å². The van der Waals surface area contributed by atoms with Gasteiger partial charge in [0.25, 0.3) is 5.91 Å². The summed E-state index contributed by atoms with van der Waals surface area (Å²) in [5, 5.41) is 5.58. The van der Waals surface area contributed by atoms with E-state index in [2.05, 4.69) is 20.6 Å². The van der Waals surface area contributed by atoms with E-state index in [1.165, 1.54) is 33.3 Å². The maximum Gasteiger partial charge on any atom is 0.421 e. The lowest BCUT2D eigenvalue weighted by atomic mass is 10.1. The van der Waals surface area contributed by atoms with Crippen LogP contribution in [0.2, 0.25) is 0 Å². The molecule has 0 radical (unpaired) electrons. The van der Waals surface area contributed by atoms with E-state index in [0.717, 1.165) is 4.31 Å². The number of hydrogen-bond donors (Lipinski definition) is 3. The zero-order valence-corrected chi connectivity index (χ0v) is 27.4. The van der Waals surface area contributed by atoms with Gasteiger partial charge in [-0.05, 0) is 57.6 Å². The first-order valence-electron chi connectivity index (χ1n) is 15.5. The van der Waals surface area contributed by atoms with Crippen LogP contribution in [0.3, 0.4) is 0 Å². The summed E-state index contributed by atoms with van der Waals surface area (Å²) >= 11 is 0. The highest BCUT2D eigenvalue weighted by Crippen LogP contribution is 2.23. The molecule has 2 fully saturated rings. The first kappa shape index (κ1) is 33.8. The number of likely N-dealkylation sites (tertiary alicyclic amines) is 1. The standard InChI is InChI=1S/C30H40N8O8S/c1-30(2,3)46-29(42)38-12-6-9-23(38)19-45-28(41)35-47(43,44)37-15-13-36(14-16-37)27(40)34-25-24(31-10-11-32-25)26(39)33-22-17-20-7-4-5-8-21(20)18-22/h4-5,7-8,10-11,22-23H,6,9,12-19H2,1-3H3,(H,33,39)(H,35,41)(H,32,34,40)/t23-/m0/s1. The van der Waals surface area contributed by atoms with Gasteiger partial charge in [-0.25, -0.2) is 29.1 Å². The van der Waals surface area contributed by atoms with E-state index in [1.807, 2.05) is 29.0 Å². The molecule has 0 unspecified atom stereocenters. The molecule has 5 amide bonds. The summed E-state index contributed by atoms with van der Waals surface area (Å²) in [6, 6.07) is 6.86. The van der Waals surface area contributed by atoms with Crippen molar-refractivity contribution >= 4 is 40.2 Å². The fraction of sp³-hybridized carbons (Fsp3) is 0.533. The first-order chi connectivity index (χ1) is 22.3. The van der Waals surface area contributed by atoms with Gasteiger partial charge in [-0.1, -0.05) is 24.3 Å². The molecular weight excluding hydrogens is 632 g/mol. The number of urea groups is 1. The Balaban J connectivity index is 1.08. The van der Waals surface area contributed by atoms with Crippen LogP contribution in [0.15, 0.2) is 36.7 Å². The van der Waals surface area contributed by atoms with E-state index in [-0.39, 0.29) is 50.3 Å². The number of anilines is 1. The molecule has 2 aromatic rings. The van der Waals surface area contributed by atoms with E-state index in [0.29, 0.717) is 32.2 Å². The van der Waals surface area contributed by atoms with Crippen LogP contribution in [0.4, 0.5) is 20.2 Å². The molecule has 1 aromatic heterocycles. The Labute approximate surface area is 273 Å². The number of piperazine rings is 1. The van der Waals surface area contributed by atoms with Crippen molar-refractivity contribution in [1.82, 2.24) is 34.1 Å². The predicted octanol–water partition coefficient (Wildman–Crippen LogP) is 1.89. The Morgan fingerprint density at radius 2 is 1.62 bits per heavy atom. The largest absolute Gasteiger partial charge is 0.447 e. The van der Waals surface area contributed by atoms with E-state index in [9.17, 15) is 27.6 Å². The number of amides is 5. The minimum Gasteiger partial charge on any atom is -0.447 e. The molecule has 0 spiro atoms. The van der Waals surface area contributed by atoms with Crippen LogP contribution in [-0.2, 0) is 32.5 Å². The second-order valence-corrected chi connectivity index (χ2v) is 14.3. The minimum atomic E-state index is -4.27. The second kappa shape index (κ2) is 14.1. The maximum absolute atomic E-state index is 13.1. The summed E-state index contributed by atoms with van der Waals surface area (Å²) in [4.78, 5) is 62.1. The van der Waals surface area contributed by atoms with Crippen molar-refractivity contribution in [1.29, 1.82) is 0 Å². The maximum atomic E-state index is 13.1. The van der Waals surface area contributed by atoms with Gasteiger partial charge in [0.1, 0.15) is 12.2 Å². The lowest BCUT2D eigenvalue weighted by Crippen LogP contribution is -2.55. The number of ether oxygens (including phenoxy) is 2. The molecule has 2 saturated heterocycles. The smallest absolute Gasteiger partial charge is 0.421 e. The zero-order valence-electron chi connectivity index (χ0n) is 26.6. The normalized spacial score (nSPS) is 18.7. The highest BCUT2D eigenvalue weighted by molar-refractivity contribution is 7.87. The number of hydrogen-bond acceptors (Lipinski definition) is 10. The SMILES string of the molecule is CC(C)(C)OC(=O)N1CCC[C@H]1COC(=O)NS(=O)(=O)N1CCN(C(=O)Nc2nccnc2C(=O)NC2Cc3ccccc3C2)CC1. The third kappa shape index (κ3) is 8.65. The molecule has 1 atom stereocenters. The molecule has 17 heteroatoms. The van der Waals surface area contributed by atoms with Crippen LogP contribution in [0, 0.1) is 0 Å². The molecule has 3 aliphatic rings. The van der Waals surface area contributed by atoms with Gasteiger partial charge in [-0.15, -0.1) is 0 Å². The summed E-state index contributed by atoms with van der Waals surface area (Å²) in [5.74, 6) is -0.483. The predicted molar refractivity (Wildman–Crippen MR) is 169 cm³/mol. The zero-order chi connectivity index (χ0) is 33.8. The third-order valence-electron chi connectivity index (χ3n) is 8.01. The molecule has 2 aliphatic heterocycles. The molecule has 3 N–H and O–H groups in total. The van der Waals surface area contributed by atoms with E-state index >= 15 is 0 Å². The lowest BCUT2D eigenvalue weighted by Gasteiger charge is -2.33. The topological polar surface area (TPSA) is 192 Å². The summed E-state index contributed by atoms with van der Waals surface area (Å²) in [7, 11) is -4.27. The molecule has 47 heavy (non-hydrogen) atoms. The molecular formula is C30H40N8O8S. The van der Waals surface area contributed by atoms with Gasteiger partial charge in [0.15, 0.2) is 11.5 Å². The molecule has 3 heterocycles. The Morgan fingerprint density at radius 3 is 2.28 bits per heavy atom. The fourth-order valence-electron chi connectivity index (χ4n) is 5.76. The molecule has 254 valence electrons. The van der Waals surface area contributed by atoms with Crippen molar-refractivity contribution in [3.05, 3.63) is 53.5 Å². The number of aromatic nitrogens is 2. The number of nitrogens with one attached hydrogen (secondary N) is 3. The number of benzene rings is 1. The average molecular weight is 673 g/mol. The highest BCUT2D eigenvalue weighted by atomic mass is 32.2. The molecule has 0 bridgehead atoms. The first-order valence-corrected chi connectivity index (χ1v) is 16.9. The Hall–Kier alpha value is -4.51. The fourth-order valence-corrected chi connectivity index (χ4v) is 6.81. The van der Waals surface area contributed by atoms with Crippen LogP contribution in [-0.4, -0.2) is 114 Å². The summed E-state index contributed by atoms with van der Waals surface area (Å²) < 4.78 is 39.2. The highest BCUT2D eigenvalue weighted by Gasteiger charge is 2.35. The van der Waals surface area contributed by atoms with Crippen LogP contribution in [0.25, 0.3) is 0 Å². The summed E-state index contributed by atoms with van der Waals surface area (Å²) in [6.45, 7) is 5.34. The monoisotopic (exact) mass is 672 g/mol. The van der Waals surface area contributed by atoms with Gasteiger partial charge in [-0.2, -0.15) is 12.7 Å². The summed E-state index contributed by atoms with van der Waals surface area (Å²) in [6.07, 6.45) is 3.69. The van der Waals surface area contributed by atoms with Crippen molar-refractivity contribution in [2.24, 2.45) is 0 Å². The molecule has 1 aliphatic carbocycles. The van der Waals surface area contributed by atoms with Gasteiger partial charge in [0.05, 0.1) is 6.04 Å². The van der Waals surface area contributed by atoms with Gasteiger partial charge >= 0.3 is 28.4 Å². The lowest BCUT2D eigenvalue weighted by molar-refractivity contribution is 0.0161. The quantitative estimate of drug-likeness (QED) is 0.391. The molecule has 16 nitrogen and oxygen atoms in total. The van der Waals surface area contributed by atoms with Crippen molar-refractivity contribution < 1.29 is 37.1 Å². The number of carbonyl (C=O) groups excluding carboxylic acids is 4. The van der Waals surface area contributed by atoms with Crippen LogP contribution < -0.4 is 15.4 Å². The van der Waals surface area contributed by atoms with Gasteiger partial charge in [0.2, 0.25) is 0 Å². The Kier molecular flexibility index (Phi) is 10.1. The van der Waals surface area contributed by atoms with E-state index in [4.69, 9.17) is 9.47 Å². The number of rotatable bonds is 7. The van der Waals surface area contributed by atoms with Crippen molar-refractivity contribution in [3.63, 3.8) is 0 Å². The van der Waals surface area contributed by atoms with Crippen molar-refractivity contribution in [2.75, 3.05) is 44.6 Å². The Morgan fingerprint density at radius 1 is 0.957 bits per heavy atom. The number of nitrogens with zero attached hydrogens (tertiary/aromatic N) is 5. The Bertz CT molecular complexity index is 1580. The van der Waals surface area contributed by atoms with Gasteiger partial charge in [0, 0.05) is 51.2 Å². The second-order valence-electron chi connectivity index (χ2n) is 12.6. The molecule has 0 saturated carbocycles. The van der Waals surface area contributed by atoms with Crippen molar-refractivity contribution in [3.8, 4) is 0 Å². The number of fused-ring (bicyclic) bond motifs is 1. The van der Waals surface area contributed by atoms with Crippen molar-refractivity contribution in [2.45, 2.75) is 64.1 Å². The molecule has 1 aromatic carbocycles. The van der Waals surface area contributed by atoms with E-state index in [1.54, 1.807) is 20.8 Å². The van der Waals surface area contributed by atoms with Crippen LogP contribution in [0.5, 0.6) is 0 Å². The van der Waals surface area contributed by atoms with Gasteiger partial charge < -0.3 is 24.6 Å². The van der Waals surface area contributed by atoms with E-state index < -0.39 is 46.0 Å². The third-order valence-corrected chi connectivity index (χ3v) is 9.48. The van der Waals surface area contributed by atoms with Gasteiger partial charge in [-0.3, -0.25) is 10.1 Å². The summed E-state index contributed by atoms with van der Waals surface area (Å²) in [5.41, 5.74) is 1.63. The number of carbonyl (C=O) groups is 4. The molecule has 5 rings (SSSR count). The average Bonchev–Trinajstić information content (AvgIpc) is 3.66. The van der Waals surface area contributed by atoms with Crippen LogP contribution >= 0.6 is 0 Å².